The summed E-state index contributed by atoms with van der Waals surface area (Å²) in [5.74, 6) is 0.813. The largest absolute Gasteiger partial charge is 0.497 e. The highest BCUT2D eigenvalue weighted by Gasteiger charge is 2.20. The molecule has 1 heterocycles. The molecule has 0 bridgehead atoms. The lowest BCUT2D eigenvalue weighted by molar-refractivity contribution is -0.114. The molecule has 0 unspecified atom stereocenters. The SMILES string of the molecule is COc1cccc(/C=C/C(=O)N2CCCc3ccccc32)c1. The third-order valence-electron chi connectivity index (χ3n) is 3.89. The van der Waals surface area contributed by atoms with E-state index < -0.39 is 0 Å². The lowest BCUT2D eigenvalue weighted by Gasteiger charge is -2.28. The van der Waals surface area contributed by atoms with E-state index in [1.54, 1.807) is 13.2 Å². The van der Waals surface area contributed by atoms with Crippen LogP contribution in [-0.4, -0.2) is 19.6 Å². The van der Waals surface area contributed by atoms with Crippen molar-refractivity contribution in [3.8, 4) is 5.75 Å². The van der Waals surface area contributed by atoms with E-state index in [0.717, 1.165) is 36.4 Å². The van der Waals surface area contributed by atoms with E-state index in [4.69, 9.17) is 4.74 Å². The predicted octanol–water partition coefficient (Wildman–Crippen LogP) is 3.69. The number of benzene rings is 2. The number of aryl methyl sites for hydroxylation is 1. The van der Waals surface area contributed by atoms with Crippen LogP contribution in [0.25, 0.3) is 6.08 Å². The molecule has 1 aliphatic heterocycles. The molecule has 0 fully saturated rings. The molecule has 1 amide bonds. The first-order valence-electron chi connectivity index (χ1n) is 7.49. The number of anilines is 1. The van der Waals surface area contributed by atoms with Gasteiger partial charge in [0.25, 0.3) is 5.91 Å². The molecule has 0 atom stereocenters. The Morgan fingerprint density at radius 3 is 2.91 bits per heavy atom. The van der Waals surface area contributed by atoms with Crippen LogP contribution in [0.4, 0.5) is 5.69 Å². The van der Waals surface area contributed by atoms with Gasteiger partial charge in [-0.2, -0.15) is 0 Å². The van der Waals surface area contributed by atoms with Crippen molar-refractivity contribution in [2.24, 2.45) is 0 Å². The topological polar surface area (TPSA) is 29.5 Å². The fraction of sp³-hybridized carbons (Fsp3) is 0.211. The molecule has 0 N–H and O–H groups in total. The van der Waals surface area contributed by atoms with Crippen LogP contribution in [0.3, 0.4) is 0 Å². The Kier molecular flexibility index (Phi) is 4.24. The van der Waals surface area contributed by atoms with Crippen molar-refractivity contribution < 1.29 is 9.53 Å². The van der Waals surface area contributed by atoms with E-state index in [9.17, 15) is 4.79 Å². The standard InChI is InChI=1S/C19H19NO2/c1-22-17-9-4-6-15(14-17)11-12-19(21)20-13-5-8-16-7-2-3-10-18(16)20/h2-4,6-7,9-12,14H,5,8,13H2,1H3/b12-11+. The summed E-state index contributed by atoms with van der Waals surface area (Å²) in [6, 6.07) is 15.8. The van der Waals surface area contributed by atoms with Crippen LogP contribution < -0.4 is 9.64 Å². The molecule has 22 heavy (non-hydrogen) atoms. The molecule has 0 aromatic heterocycles. The Morgan fingerprint density at radius 1 is 1.18 bits per heavy atom. The minimum Gasteiger partial charge on any atom is -0.497 e. The molecule has 3 heteroatoms. The van der Waals surface area contributed by atoms with Gasteiger partial charge in [0.2, 0.25) is 0 Å². The first kappa shape index (κ1) is 14.4. The number of ether oxygens (including phenoxy) is 1. The van der Waals surface area contributed by atoms with Gasteiger partial charge in [0.15, 0.2) is 0 Å². The monoisotopic (exact) mass is 293 g/mol. The highest BCUT2D eigenvalue weighted by atomic mass is 16.5. The second-order valence-electron chi connectivity index (χ2n) is 5.33. The number of carbonyl (C=O) groups excluding carboxylic acids is 1. The maximum Gasteiger partial charge on any atom is 0.250 e. The summed E-state index contributed by atoms with van der Waals surface area (Å²) >= 11 is 0. The third kappa shape index (κ3) is 3.03. The van der Waals surface area contributed by atoms with E-state index in [1.807, 2.05) is 53.4 Å². The summed E-state index contributed by atoms with van der Waals surface area (Å²) in [6.45, 7) is 0.776. The summed E-state index contributed by atoms with van der Waals surface area (Å²) in [4.78, 5) is 14.4. The lowest BCUT2D eigenvalue weighted by Crippen LogP contribution is -2.34. The molecule has 0 radical (unpaired) electrons. The Labute approximate surface area is 130 Å². The zero-order valence-electron chi connectivity index (χ0n) is 12.7. The number of hydrogen-bond donors (Lipinski definition) is 0. The fourth-order valence-electron chi connectivity index (χ4n) is 2.77. The van der Waals surface area contributed by atoms with Crippen LogP contribution in [0.1, 0.15) is 17.5 Å². The molecule has 0 saturated carbocycles. The van der Waals surface area contributed by atoms with Gasteiger partial charge in [-0.1, -0.05) is 30.3 Å². The highest BCUT2D eigenvalue weighted by molar-refractivity contribution is 6.04. The van der Waals surface area contributed by atoms with Crippen molar-refractivity contribution in [3.05, 3.63) is 65.7 Å². The van der Waals surface area contributed by atoms with Gasteiger partial charge in [-0.3, -0.25) is 4.79 Å². The number of nitrogens with zero attached hydrogens (tertiary/aromatic N) is 1. The normalized spacial score (nSPS) is 14.0. The molecule has 3 nitrogen and oxygen atoms in total. The minimum atomic E-state index is 0.0231. The van der Waals surface area contributed by atoms with Crippen molar-refractivity contribution in [3.63, 3.8) is 0 Å². The number of carbonyl (C=O) groups is 1. The number of fused-ring (bicyclic) bond motifs is 1. The zero-order valence-corrected chi connectivity index (χ0v) is 12.7. The van der Waals surface area contributed by atoms with Crippen LogP contribution in [0, 0.1) is 0 Å². The van der Waals surface area contributed by atoms with E-state index in [0.29, 0.717) is 0 Å². The smallest absolute Gasteiger partial charge is 0.250 e. The third-order valence-corrected chi connectivity index (χ3v) is 3.89. The second-order valence-corrected chi connectivity index (χ2v) is 5.33. The zero-order chi connectivity index (χ0) is 15.4. The molecule has 0 spiro atoms. The van der Waals surface area contributed by atoms with Crippen molar-refractivity contribution in [1.82, 2.24) is 0 Å². The molecule has 2 aromatic carbocycles. The van der Waals surface area contributed by atoms with Crippen LogP contribution in [0.5, 0.6) is 5.75 Å². The quantitative estimate of drug-likeness (QED) is 0.808. The van der Waals surface area contributed by atoms with Crippen molar-refractivity contribution >= 4 is 17.7 Å². The molecule has 112 valence electrons. The highest BCUT2D eigenvalue weighted by Crippen LogP contribution is 2.27. The second kappa shape index (κ2) is 6.48. The van der Waals surface area contributed by atoms with Gasteiger partial charge in [0.1, 0.15) is 5.75 Å². The predicted molar refractivity (Wildman–Crippen MR) is 89.1 cm³/mol. The maximum atomic E-state index is 12.5. The van der Waals surface area contributed by atoms with E-state index in [-0.39, 0.29) is 5.91 Å². The Bertz CT molecular complexity index is 706. The van der Waals surface area contributed by atoms with E-state index >= 15 is 0 Å². The number of para-hydroxylation sites is 1. The first-order chi connectivity index (χ1) is 10.8. The van der Waals surface area contributed by atoms with Crippen molar-refractivity contribution in [2.75, 3.05) is 18.6 Å². The Balaban J connectivity index is 1.79. The van der Waals surface area contributed by atoms with Crippen molar-refractivity contribution in [2.45, 2.75) is 12.8 Å². The number of amides is 1. The summed E-state index contributed by atoms with van der Waals surface area (Å²) in [7, 11) is 1.64. The molecule has 1 aliphatic rings. The van der Waals surface area contributed by atoms with Gasteiger partial charge in [-0.05, 0) is 48.2 Å². The van der Waals surface area contributed by atoms with Gasteiger partial charge < -0.3 is 9.64 Å². The molecule has 2 aromatic rings. The van der Waals surface area contributed by atoms with Gasteiger partial charge in [0.05, 0.1) is 7.11 Å². The van der Waals surface area contributed by atoms with Crippen LogP contribution >= 0.6 is 0 Å². The molecular formula is C19H19NO2. The van der Waals surface area contributed by atoms with Gasteiger partial charge >= 0.3 is 0 Å². The number of rotatable bonds is 3. The fourth-order valence-corrected chi connectivity index (χ4v) is 2.77. The van der Waals surface area contributed by atoms with Crippen LogP contribution in [-0.2, 0) is 11.2 Å². The van der Waals surface area contributed by atoms with Crippen molar-refractivity contribution in [1.29, 1.82) is 0 Å². The summed E-state index contributed by atoms with van der Waals surface area (Å²) < 4.78 is 5.20. The first-order valence-corrected chi connectivity index (χ1v) is 7.49. The van der Waals surface area contributed by atoms with Gasteiger partial charge in [-0.25, -0.2) is 0 Å². The Morgan fingerprint density at radius 2 is 2.05 bits per heavy atom. The molecule has 0 aliphatic carbocycles. The van der Waals surface area contributed by atoms with E-state index in [1.165, 1.54) is 5.56 Å². The molecule has 3 rings (SSSR count). The Hall–Kier alpha value is -2.55. The molecular weight excluding hydrogens is 274 g/mol. The summed E-state index contributed by atoms with van der Waals surface area (Å²) in [5, 5.41) is 0. The lowest BCUT2D eigenvalue weighted by atomic mass is 10.0. The molecule has 0 saturated heterocycles. The average molecular weight is 293 g/mol. The van der Waals surface area contributed by atoms with Crippen LogP contribution in [0.2, 0.25) is 0 Å². The van der Waals surface area contributed by atoms with E-state index in [2.05, 4.69) is 6.07 Å². The number of hydrogen-bond acceptors (Lipinski definition) is 2. The summed E-state index contributed by atoms with van der Waals surface area (Å²) in [5.41, 5.74) is 3.24. The van der Waals surface area contributed by atoms with Gasteiger partial charge in [-0.15, -0.1) is 0 Å². The number of methoxy groups -OCH3 is 1. The maximum absolute atomic E-state index is 12.5. The average Bonchev–Trinajstić information content (AvgIpc) is 2.59. The minimum absolute atomic E-state index is 0.0231. The summed E-state index contributed by atoms with van der Waals surface area (Å²) in [6.07, 6.45) is 5.52. The van der Waals surface area contributed by atoms with Gasteiger partial charge in [0, 0.05) is 18.3 Å². The van der Waals surface area contributed by atoms with Crippen LogP contribution in [0.15, 0.2) is 54.6 Å².